The van der Waals surface area contributed by atoms with E-state index < -0.39 is 21.7 Å². The smallest absolute Gasteiger partial charge is 0.240 e. The van der Waals surface area contributed by atoms with Crippen LogP contribution in [-0.2, 0) is 10.0 Å². The Morgan fingerprint density at radius 1 is 1.16 bits per heavy atom. The predicted octanol–water partition coefficient (Wildman–Crippen LogP) is 0.168. The molecule has 0 bridgehead atoms. The molecule has 0 aliphatic carbocycles. The van der Waals surface area contributed by atoms with Crippen LogP contribution in [0.15, 0.2) is 23.1 Å². The van der Waals surface area contributed by atoms with Crippen LogP contribution in [0.25, 0.3) is 0 Å². The molecule has 0 saturated heterocycles. The van der Waals surface area contributed by atoms with Crippen LogP contribution in [0.4, 0.5) is 8.78 Å². The van der Waals surface area contributed by atoms with Gasteiger partial charge in [-0.1, -0.05) is 0 Å². The topological polar surface area (TPSA) is 50.6 Å². The third kappa shape index (κ3) is 4.52. The molecule has 1 aromatic carbocycles. The normalized spacial score (nSPS) is 12.1. The van der Waals surface area contributed by atoms with E-state index in [4.69, 9.17) is 0 Å². The maximum Gasteiger partial charge on any atom is 0.240 e. The van der Waals surface area contributed by atoms with Crippen LogP contribution >= 0.6 is 0 Å². The van der Waals surface area contributed by atoms with Crippen LogP contribution in [0.5, 0.6) is 0 Å². The van der Waals surface area contributed by atoms with Crippen molar-refractivity contribution in [3.8, 4) is 0 Å². The maximum absolute atomic E-state index is 13.0. The van der Waals surface area contributed by atoms with E-state index in [-0.39, 0.29) is 11.4 Å². The largest absolute Gasteiger partial charge is 0.334 e. The van der Waals surface area contributed by atoms with Gasteiger partial charge in [-0.3, -0.25) is 0 Å². The molecule has 2 N–H and O–H groups in total. The molecule has 0 atom stereocenters. The molecule has 0 radical (unpaired) electrons. The van der Waals surface area contributed by atoms with Gasteiger partial charge >= 0.3 is 0 Å². The minimum atomic E-state index is -3.78. The highest BCUT2D eigenvalue weighted by Gasteiger charge is 2.16. The fourth-order valence-electron chi connectivity index (χ4n) is 1.69. The molecule has 0 unspecified atom stereocenters. The molecule has 0 amide bonds. The minimum absolute atomic E-state index is 0.262. The second-order valence-corrected chi connectivity index (χ2v) is 5.95. The molecule has 0 spiro atoms. The molecule has 0 saturated carbocycles. The SMILES string of the molecule is CC[NH+](CC)CCNS(=O)(=O)c1ccc(F)c(F)c1. The summed E-state index contributed by atoms with van der Waals surface area (Å²) in [7, 11) is -3.78. The summed E-state index contributed by atoms with van der Waals surface area (Å²) in [5, 5.41) is 0. The number of sulfonamides is 1. The predicted molar refractivity (Wildman–Crippen MR) is 68.5 cm³/mol. The molecule has 1 aromatic rings. The monoisotopic (exact) mass is 293 g/mol. The maximum atomic E-state index is 13.0. The Bertz CT molecular complexity index is 516. The number of halogens is 2. The average Bonchev–Trinajstić information content (AvgIpc) is 2.37. The van der Waals surface area contributed by atoms with Crippen molar-refractivity contribution >= 4 is 10.0 Å². The van der Waals surface area contributed by atoms with Crippen molar-refractivity contribution in [2.45, 2.75) is 18.7 Å². The van der Waals surface area contributed by atoms with Crippen molar-refractivity contribution in [1.29, 1.82) is 0 Å². The Balaban J connectivity index is 2.68. The molecule has 1 rings (SSSR count). The van der Waals surface area contributed by atoms with E-state index in [0.29, 0.717) is 12.6 Å². The molecule has 19 heavy (non-hydrogen) atoms. The summed E-state index contributed by atoms with van der Waals surface area (Å²) in [6.45, 7) is 6.76. The summed E-state index contributed by atoms with van der Waals surface area (Å²) in [5.41, 5.74) is 0. The van der Waals surface area contributed by atoms with E-state index in [1.54, 1.807) is 0 Å². The second-order valence-electron chi connectivity index (χ2n) is 4.18. The summed E-state index contributed by atoms with van der Waals surface area (Å²) < 4.78 is 51.8. The van der Waals surface area contributed by atoms with Crippen molar-refractivity contribution in [2.75, 3.05) is 26.2 Å². The Morgan fingerprint density at radius 2 is 1.79 bits per heavy atom. The molecule has 0 aromatic heterocycles. The third-order valence-corrected chi connectivity index (χ3v) is 4.43. The van der Waals surface area contributed by atoms with E-state index >= 15 is 0 Å². The van der Waals surface area contributed by atoms with Gasteiger partial charge in [0.15, 0.2) is 11.6 Å². The van der Waals surface area contributed by atoms with Crippen LogP contribution < -0.4 is 9.62 Å². The van der Waals surface area contributed by atoms with Crippen LogP contribution in [0.1, 0.15) is 13.8 Å². The third-order valence-electron chi connectivity index (χ3n) is 2.97. The van der Waals surface area contributed by atoms with Gasteiger partial charge < -0.3 is 4.90 Å². The van der Waals surface area contributed by atoms with Crippen LogP contribution in [-0.4, -0.2) is 34.6 Å². The van der Waals surface area contributed by atoms with E-state index in [2.05, 4.69) is 4.72 Å². The second kappa shape index (κ2) is 6.93. The van der Waals surface area contributed by atoms with E-state index in [1.807, 2.05) is 13.8 Å². The molecule has 0 fully saturated rings. The Morgan fingerprint density at radius 3 is 2.32 bits per heavy atom. The van der Waals surface area contributed by atoms with Crippen LogP contribution in [0, 0.1) is 11.6 Å². The van der Waals surface area contributed by atoms with Gasteiger partial charge in [0, 0.05) is 0 Å². The number of hydrogen-bond acceptors (Lipinski definition) is 2. The summed E-state index contributed by atoms with van der Waals surface area (Å²) >= 11 is 0. The fraction of sp³-hybridized carbons (Fsp3) is 0.500. The van der Waals surface area contributed by atoms with Gasteiger partial charge in [-0.25, -0.2) is 21.9 Å². The molecule has 108 valence electrons. The number of quaternary nitrogens is 1. The fourth-order valence-corrected chi connectivity index (χ4v) is 2.74. The number of rotatable bonds is 7. The first kappa shape index (κ1) is 16.0. The van der Waals surface area contributed by atoms with Crippen molar-refractivity contribution in [3.05, 3.63) is 29.8 Å². The molecule has 0 aliphatic heterocycles. The average molecular weight is 293 g/mol. The highest BCUT2D eigenvalue weighted by Crippen LogP contribution is 2.13. The van der Waals surface area contributed by atoms with Crippen LogP contribution in [0.3, 0.4) is 0 Å². The lowest BCUT2D eigenvalue weighted by atomic mass is 10.3. The summed E-state index contributed by atoms with van der Waals surface area (Å²) in [6.07, 6.45) is 0. The Labute approximate surface area is 112 Å². The standard InChI is InChI=1S/C12H18F2N2O2S/c1-3-16(4-2)8-7-15-19(17,18)10-5-6-11(13)12(14)9-10/h5-6,9,15H,3-4,7-8H2,1-2H3/p+1. The first-order valence-corrected chi connectivity index (χ1v) is 7.67. The number of benzene rings is 1. The van der Waals surface area contributed by atoms with Gasteiger partial charge in [-0.15, -0.1) is 0 Å². The molecule has 0 heterocycles. The van der Waals surface area contributed by atoms with Crippen molar-refractivity contribution < 1.29 is 22.1 Å². The lowest BCUT2D eigenvalue weighted by Crippen LogP contribution is -3.12. The Hall–Kier alpha value is -1.05. The van der Waals surface area contributed by atoms with Gasteiger partial charge in [0.05, 0.1) is 31.1 Å². The number of likely N-dealkylation sites (N-methyl/N-ethyl adjacent to an activating group) is 1. The zero-order valence-electron chi connectivity index (χ0n) is 11.0. The quantitative estimate of drug-likeness (QED) is 0.753. The van der Waals surface area contributed by atoms with Crippen LogP contribution in [0.2, 0.25) is 0 Å². The van der Waals surface area contributed by atoms with Crippen molar-refractivity contribution in [1.82, 2.24) is 4.72 Å². The number of nitrogens with one attached hydrogen (secondary N) is 2. The lowest BCUT2D eigenvalue weighted by molar-refractivity contribution is -0.895. The highest BCUT2D eigenvalue weighted by molar-refractivity contribution is 7.89. The molecule has 7 heteroatoms. The molecular weight excluding hydrogens is 274 g/mol. The van der Waals surface area contributed by atoms with Gasteiger partial charge in [0.25, 0.3) is 0 Å². The zero-order chi connectivity index (χ0) is 14.5. The molecule has 0 aliphatic rings. The Kier molecular flexibility index (Phi) is 5.84. The van der Waals surface area contributed by atoms with Gasteiger partial charge in [-0.2, -0.15) is 0 Å². The first-order valence-electron chi connectivity index (χ1n) is 6.19. The lowest BCUT2D eigenvalue weighted by Gasteiger charge is -2.15. The summed E-state index contributed by atoms with van der Waals surface area (Å²) in [6, 6.07) is 2.53. The van der Waals surface area contributed by atoms with E-state index in [9.17, 15) is 17.2 Å². The van der Waals surface area contributed by atoms with Crippen molar-refractivity contribution in [2.24, 2.45) is 0 Å². The van der Waals surface area contributed by atoms with Gasteiger partial charge in [0.1, 0.15) is 0 Å². The first-order chi connectivity index (χ1) is 8.90. The zero-order valence-corrected chi connectivity index (χ0v) is 11.9. The summed E-state index contributed by atoms with van der Waals surface area (Å²) in [4.78, 5) is 0.994. The van der Waals surface area contributed by atoms with Gasteiger partial charge in [0.2, 0.25) is 10.0 Å². The van der Waals surface area contributed by atoms with Gasteiger partial charge in [-0.05, 0) is 32.0 Å². The van der Waals surface area contributed by atoms with E-state index in [1.165, 1.54) is 4.90 Å². The van der Waals surface area contributed by atoms with Crippen molar-refractivity contribution in [3.63, 3.8) is 0 Å². The molecule has 4 nitrogen and oxygen atoms in total. The van der Waals surface area contributed by atoms with E-state index in [0.717, 1.165) is 25.2 Å². The summed E-state index contributed by atoms with van der Waals surface area (Å²) in [5.74, 6) is -2.23. The highest BCUT2D eigenvalue weighted by atomic mass is 32.2. The number of hydrogen-bond donors (Lipinski definition) is 2. The molecular formula is C12H19F2N2O2S+. The minimum Gasteiger partial charge on any atom is -0.334 e.